The minimum Gasteiger partial charge on any atom is -0.454 e. The monoisotopic (exact) mass is 343 g/mol. The summed E-state index contributed by atoms with van der Waals surface area (Å²) in [6, 6.07) is 7.55. The van der Waals surface area contributed by atoms with Crippen molar-refractivity contribution in [3.8, 4) is 11.5 Å². The Morgan fingerprint density at radius 1 is 1.04 bits per heavy atom. The van der Waals surface area contributed by atoms with Gasteiger partial charge in [-0.3, -0.25) is 0 Å². The van der Waals surface area contributed by atoms with E-state index in [1.54, 1.807) is 12.4 Å². The van der Waals surface area contributed by atoms with Crippen LogP contribution in [0.4, 0.5) is 11.6 Å². The number of thiocarbonyl (C=S) groups is 1. The zero-order chi connectivity index (χ0) is 16.4. The van der Waals surface area contributed by atoms with E-state index in [1.807, 2.05) is 24.3 Å². The Morgan fingerprint density at radius 2 is 1.79 bits per heavy atom. The molecule has 1 aromatic heterocycles. The number of nitrogens with zero attached hydrogens (tertiary/aromatic N) is 4. The van der Waals surface area contributed by atoms with Crippen LogP contribution >= 0.6 is 12.2 Å². The van der Waals surface area contributed by atoms with E-state index in [2.05, 4.69) is 25.1 Å². The minimum atomic E-state index is 0.271. The first kappa shape index (κ1) is 14.9. The highest BCUT2D eigenvalue weighted by atomic mass is 32.1. The normalized spacial score (nSPS) is 16.2. The van der Waals surface area contributed by atoms with E-state index in [1.165, 1.54) is 0 Å². The predicted octanol–water partition coefficient (Wildman–Crippen LogP) is 1.72. The largest absolute Gasteiger partial charge is 0.454 e. The molecule has 3 heterocycles. The van der Waals surface area contributed by atoms with Gasteiger partial charge in [-0.05, 0) is 30.4 Å². The molecular formula is C16H17N5O2S. The van der Waals surface area contributed by atoms with Gasteiger partial charge >= 0.3 is 0 Å². The first-order valence-corrected chi connectivity index (χ1v) is 8.18. The van der Waals surface area contributed by atoms with Crippen molar-refractivity contribution in [3.63, 3.8) is 0 Å². The van der Waals surface area contributed by atoms with Gasteiger partial charge in [0.05, 0.1) is 0 Å². The molecule has 0 bridgehead atoms. The molecule has 7 nitrogen and oxygen atoms in total. The zero-order valence-corrected chi connectivity index (χ0v) is 13.8. The molecule has 2 aliphatic rings. The fourth-order valence-electron chi connectivity index (χ4n) is 2.74. The molecular weight excluding hydrogens is 326 g/mol. The Labute approximate surface area is 145 Å². The van der Waals surface area contributed by atoms with Crippen LogP contribution in [0.15, 0.2) is 36.7 Å². The summed E-state index contributed by atoms with van der Waals surface area (Å²) in [5.41, 5.74) is 0.901. The Hall–Kier alpha value is -2.61. The van der Waals surface area contributed by atoms with Crippen LogP contribution in [0.1, 0.15) is 0 Å². The zero-order valence-electron chi connectivity index (χ0n) is 13.0. The third-order valence-electron chi connectivity index (χ3n) is 4.03. The quantitative estimate of drug-likeness (QED) is 0.827. The number of fused-ring (bicyclic) bond motifs is 1. The number of piperazine rings is 1. The SMILES string of the molecule is S=C(Nc1ccc2c(c1)OCO2)N1CCN(c2ncccn2)CC1. The second-order valence-corrected chi connectivity index (χ2v) is 5.91. The molecule has 1 fully saturated rings. The van der Waals surface area contributed by atoms with E-state index in [9.17, 15) is 0 Å². The lowest BCUT2D eigenvalue weighted by Crippen LogP contribution is -2.50. The van der Waals surface area contributed by atoms with Gasteiger partial charge in [0.15, 0.2) is 16.6 Å². The molecule has 0 saturated carbocycles. The summed E-state index contributed by atoms with van der Waals surface area (Å²) in [4.78, 5) is 12.9. The van der Waals surface area contributed by atoms with Crippen LogP contribution < -0.4 is 19.7 Å². The first-order chi connectivity index (χ1) is 11.8. The van der Waals surface area contributed by atoms with Gasteiger partial charge in [0.1, 0.15) is 0 Å². The molecule has 1 aromatic carbocycles. The lowest BCUT2D eigenvalue weighted by molar-refractivity contribution is 0.174. The third-order valence-corrected chi connectivity index (χ3v) is 4.39. The van der Waals surface area contributed by atoms with Gasteiger partial charge in [-0.2, -0.15) is 0 Å². The van der Waals surface area contributed by atoms with Crippen LogP contribution in [0.5, 0.6) is 11.5 Å². The van der Waals surface area contributed by atoms with E-state index in [4.69, 9.17) is 21.7 Å². The van der Waals surface area contributed by atoms with Gasteiger partial charge in [-0.1, -0.05) is 0 Å². The van der Waals surface area contributed by atoms with Crippen molar-refractivity contribution < 1.29 is 9.47 Å². The molecule has 124 valence electrons. The number of anilines is 2. The molecule has 0 atom stereocenters. The number of nitrogens with one attached hydrogen (secondary N) is 1. The van der Waals surface area contributed by atoms with E-state index >= 15 is 0 Å². The molecule has 4 rings (SSSR count). The average molecular weight is 343 g/mol. The summed E-state index contributed by atoms with van der Waals surface area (Å²) < 4.78 is 10.7. The number of hydrogen-bond donors (Lipinski definition) is 1. The Kier molecular flexibility index (Phi) is 4.04. The molecule has 0 unspecified atom stereocenters. The fourth-order valence-corrected chi connectivity index (χ4v) is 3.04. The summed E-state index contributed by atoms with van der Waals surface area (Å²) in [5.74, 6) is 2.28. The van der Waals surface area contributed by atoms with Crippen LogP contribution in [0.25, 0.3) is 0 Å². The van der Waals surface area contributed by atoms with Crippen molar-refractivity contribution in [1.82, 2.24) is 14.9 Å². The second kappa shape index (κ2) is 6.48. The van der Waals surface area contributed by atoms with Crippen molar-refractivity contribution in [2.45, 2.75) is 0 Å². The number of aromatic nitrogens is 2. The molecule has 0 spiro atoms. The molecule has 1 N–H and O–H groups in total. The topological polar surface area (TPSA) is 62.8 Å². The molecule has 0 radical (unpaired) electrons. The molecule has 24 heavy (non-hydrogen) atoms. The molecule has 8 heteroatoms. The maximum absolute atomic E-state index is 5.53. The van der Waals surface area contributed by atoms with Crippen LogP contribution in [-0.2, 0) is 0 Å². The Morgan fingerprint density at radius 3 is 2.58 bits per heavy atom. The Bertz CT molecular complexity index is 735. The van der Waals surface area contributed by atoms with E-state index in [0.29, 0.717) is 5.11 Å². The lowest BCUT2D eigenvalue weighted by atomic mass is 10.3. The van der Waals surface area contributed by atoms with Gasteiger partial charge in [-0.25, -0.2) is 9.97 Å². The van der Waals surface area contributed by atoms with E-state index < -0.39 is 0 Å². The molecule has 2 aromatic rings. The van der Waals surface area contributed by atoms with Crippen molar-refractivity contribution in [1.29, 1.82) is 0 Å². The van der Waals surface area contributed by atoms with Gasteiger partial charge in [-0.15, -0.1) is 0 Å². The highest BCUT2D eigenvalue weighted by molar-refractivity contribution is 7.80. The van der Waals surface area contributed by atoms with Crippen LogP contribution in [0.2, 0.25) is 0 Å². The van der Waals surface area contributed by atoms with Crippen LogP contribution in [-0.4, -0.2) is 53.0 Å². The highest BCUT2D eigenvalue weighted by Crippen LogP contribution is 2.34. The number of ether oxygens (including phenoxy) is 2. The van der Waals surface area contributed by atoms with E-state index in [0.717, 1.165) is 49.3 Å². The summed E-state index contributed by atoms with van der Waals surface area (Å²) in [6.45, 7) is 3.61. The van der Waals surface area contributed by atoms with Gasteiger partial charge in [0.25, 0.3) is 0 Å². The van der Waals surface area contributed by atoms with Gasteiger partial charge in [0, 0.05) is 50.3 Å². The minimum absolute atomic E-state index is 0.271. The maximum Gasteiger partial charge on any atom is 0.231 e. The van der Waals surface area contributed by atoms with Gasteiger partial charge < -0.3 is 24.6 Å². The molecule has 1 saturated heterocycles. The number of hydrogen-bond acceptors (Lipinski definition) is 6. The fraction of sp³-hybridized carbons (Fsp3) is 0.312. The van der Waals surface area contributed by atoms with Crippen LogP contribution in [0, 0.1) is 0 Å². The van der Waals surface area contributed by atoms with Crippen molar-refractivity contribution in [2.75, 3.05) is 43.2 Å². The second-order valence-electron chi connectivity index (χ2n) is 5.52. The lowest BCUT2D eigenvalue weighted by Gasteiger charge is -2.36. The molecule has 0 amide bonds. The van der Waals surface area contributed by atoms with Crippen molar-refractivity contribution >= 4 is 29.0 Å². The smallest absolute Gasteiger partial charge is 0.231 e. The molecule has 0 aliphatic carbocycles. The number of rotatable bonds is 2. The summed E-state index contributed by atoms with van der Waals surface area (Å²) in [5, 5.41) is 3.98. The van der Waals surface area contributed by atoms with Crippen molar-refractivity contribution in [3.05, 3.63) is 36.7 Å². The Balaban J connectivity index is 1.35. The maximum atomic E-state index is 5.53. The van der Waals surface area contributed by atoms with E-state index in [-0.39, 0.29) is 6.79 Å². The standard InChI is InChI=1S/C16H17N5O2S/c24-16(19-12-2-3-13-14(10-12)23-11-22-13)21-8-6-20(7-9-21)15-17-4-1-5-18-15/h1-5,10H,6-9,11H2,(H,19,24). The summed E-state index contributed by atoms with van der Waals surface area (Å²) in [6.07, 6.45) is 3.53. The average Bonchev–Trinajstić information content (AvgIpc) is 3.10. The predicted molar refractivity (Wildman–Crippen MR) is 94.6 cm³/mol. The van der Waals surface area contributed by atoms with Crippen molar-refractivity contribution in [2.24, 2.45) is 0 Å². The third kappa shape index (κ3) is 3.05. The van der Waals surface area contributed by atoms with Crippen LogP contribution in [0.3, 0.4) is 0 Å². The summed E-state index contributed by atoms with van der Waals surface area (Å²) in [7, 11) is 0. The van der Waals surface area contributed by atoms with Gasteiger partial charge in [0.2, 0.25) is 12.7 Å². The summed E-state index contributed by atoms with van der Waals surface area (Å²) >= 11 is 5.53. The highest BCUT2D eigenvalue weighted by Gasteiger charge is 2.21. The number of benzene rings is 1. The first-order valence-electron chi connectivity index (χ1n) is 7.77. The molecule has 2 aliphatic heterocycles.